The summed E-state index contributed by atoms with van der Waals surface area (Å²) in [5.74, 6) is 0. The number of hydrogen-bond acceptors (Lipinski definition) is 3. The fraction of sp³-hybridized carbons (Fsp3) is 0.500. The highest BCUT2D eigenvalue weighted by molar-refractivity contribution is 6.62. The molecule has 2 aliphatic heterocycles. The molecule has 0 spiro atoms. The van der Waals surface area contributed by atoms with Crippen LogP contribution in [0.2, 0.25) is 0 Å². The molecule has 0 atom stereocenters. The van der Waals surface area contributed by atoms with E-state index in [4.69, 9.17) is 9.31 Å². The van der Waals surface area contributed by atoms with Crippen LogP contribution < -0.4 is 10.8 Å². The summed E-state index contributed by atoms with van der Waals surface area (Å²) in [6.07, 6.45) is 1.10. The molecule has 1 N–H and O–H groups in total. The second-order valence-electron chi connectivity index (χ2n) is 5.11. The summed E-state index contributed by atoms with van der Waals surface area (Å²) < 4.78 is 11.5. The second kappa shape index (κ2) is 3.50. The van der Waals surface area contributed by atoms with E-state index in [0.717, 1.165) is 18.4 Å². The van der Waals surface area contributed by atoms with Crippen molar-refractivity contribution in [2.45, 2.75) is 25.9 Å². The molecule has 1 saturated heterocycles. The van der Waals surface area contributed by atoms with Gasteiger partial charge in [0.1, 0.15) is 0 Å². The van der Waals surface area contributed by atoms with Gasteiger partial charge in [0.25, 0.3) is 0 Å². The molecule has 1 aromatic rings. The first-order valence-electron chi connectivity index (χ1n) is 5.80. The van der Waals surface area contributed by atoms with E-state index in [2.05, 4.69) is 37.4 Å². The molecule has 0 aromatic heterocycles. The minimum absolute atomic E-state index is 0.165. The average molecular weight is 217 g/mol. The van der Waals surface area contributed by atoms with Crippen molar-refractivity contribution in [3.8, 4) is 0 Å². The highest BCUT2D eigenvalue weighted by Gasteiger charge is 2.38. The third-order valence-corrected chi connectivity index (χ3v) is 3.12. The average Bonchev–Trinajstić information content (AvgIpc) is 2.82. The van der Waals surface area contributed by atoms with Crippen LogP contribution in [0.5, 0.6) is 0 Å². The fourth-order valence-corrected chi connectivity index (χ4v) is 2.27. The zero-order chi connectivity index (χ0) is 11.2. The van der Waals surface area contributed by atoms with Crippen LogP contribution in [-0.2, 0) is 15.7 Å². The van der Waals surface area contributed by atoms with Gasteiger partial charge in [-0.25, -0.2) is 0 Å². The second-order valence-corrected chi connectivity index (χ2v) is 5.11. The van der Waals surface area contributed by atoms with Crippen molar-refractivity contribution < 1.29 is 9.31 Å². The van der Waals surface area contributed by atoms with Gasteiger partial charge in [0.2, 0.25) is 0 Å². The number of fused-ring (bicyclic) bond motifs is 1. The predicted molar refractivity (Wildman–Crippen MR) is 65.1 cm³/mol. The number of rotatable bonds is 1. The minimum Gasteiger partial charge on any atom is -0.404 e. The Morgan fingerprint density at radius 2 is 2.25 bits per heavy atom. The lowest BCUT2D eigenvalue weighted by molar-refractivity contribution is 0.137. The van der Waals surface area contributed by atoms with Crippen molar-refractivity contribution in [1.82, 2.24) is 0 Å². The minimum atomic E-state index is -0.194. The van der Waals surface area contributed by atoms with Crippen LogP contribution in [-0.4, -0.2) is 25.9 Å². The fourth-order valence-electron chi connectivity index (χ4n) is 2.27. The molecule has 0 radical (unpaired) electrons. The molecule has 2 heterocycles. The standard InChI is InChI=1S/C12H16BNO2/c1-12(2)8-15-13(16-12)10-3-4-11-9(7-10)5-6-14-11/h3-4,7,14H,5-6,8H2,1-2H3. The molecule has 2 aliphatic rings. The van der Waals surface area contributed by atoms with Crippen LogP contribution in [0.1, 0.15) is 19.4 Å². The zero-order valence-electron chi connectivity index (χ0n) is 9.75. The molecular formula is C12H16BNO2. The maximum absolute atomic E-state index is 5.85. The van der Waals surface area contributed by atoms with Gasteiger partial charge in [0.05, 0.1) is 12.2 Å². The predicted octanol–water partition coefficient (Wildman–Crippen LogP) is 1.18. The van der Waals surface area contributed by atoms with Crippen molar-refractivity contribution in [3.05, 3.63) is 23.8 Å². The van der Waals surface area contributed by atoms with Crippen LogP contribution in [0.3, 0.4) is 0 Å². The van der Waals surface area contributed by atoms with Gasteiger partial charge in [0, 0.05) is 12.2 Å². The Hall–Kier alpha value is -0.995. The molecule has 0 saturated carbocycles. The first-order valence-corrected chi connectivity index (χ1v) is 5.80. The number of hydrogen-bond donors (Lipinski definition) is 1. The molecule has 84 valence electrons. The quantitative estimate of drug-likeness (QED) is 0.716. The Bertz CT molecular complexity index is 419. The van der Waals surface area contributed by atoms with E-state index in [1.807, 2.05) is 0 Å². The third-order valence-electron chi connectivity index (χ3n) is 3.12. The summed E-state index contributed by atoms with van der Waals surface area (Å²) in [6.45, 7) is 5.81. The summed E-state index contributed by atoms with van der Waals surface area (Å²) in [5, 5.41) is 3.35. The Kier molecular flexibility index (Phi) is 2.23. The highest BCUT2D eigenvalue weighted by Crippen LogP contribution is 2.23. The molecule has 0 bridgehead atoms. The molecule has 0 amide bonds. The number of anilines is 1. The molecule has 0 unspecified atom stereocenters. The van der Waals surface area contributed by atoms with E-state index in [0.29, 0.717) is 6.61 Å². The Morgan fingerprint density at radius 1 is 1.38 bits per heavy atom. The Labute approximate surface area is 96.3 Å². The van der Waals surface area contributed by atoms with Gasteiger partial charge in [-0.2, -0.15) is 0 Å². The SMILES string of the molecule is CC1(C)COB(c2ccc3c(c2)CCN3)O1. The lowest BCUT2D eigenvalue weighted by Crippen LogP contribution is -2.34. The lowest BCUT2D eigenvalue weighted by Gasteiger charge is -2.15. The summed E-state index contributed by atoms with van der Waals surface area (Å²) in [6, 6.07) is 6.40. The van der Waals surface area contributed by atoms with Gasteiger partial charge >= 0.3 is 7.12 Å². The normalized spacial score (nSPS) is 22.0. The summed E-state index contributed by atoms with van der Waals surface area (Å²) in [4.78, 5) is 0. The van der Waals surface area contributed by atoms with Gasteiger partial charge < -0.3 is 14.6 Å². The van der Waals surface area contributed by atoms with Gasteiger partial charge in [-0.05, 0) is 37.4 Å². The van der Waals surface area contributed by atoms with E-state index >= 15 is 0 Å². The van der Waals surface area contributed by atoms with Crippen molar-refractivity contribution in [3.63, 3.8) is 0 Å². The molecule has 1 fully saturated rings. The van der Waals surface area contributed by atoms with Crippen LogP contribution in [0.4, 0.5) is 5.69 Å². The number of benzene rings is 1. The largest absolute Gasteiger partial charge is 0.494 e. The molecule has 16 heavy (non-hydrogen) atoms. The first kappa shape index (κ1) is 10.2. The van der Waals surface area contributed by atoms with Crippen LogP contribution in [0, 0.1) is 0 Å². The van der Waals surface area contributed by atoms with Crippen molar-refractivity contribution in [2.75, 3.05) is 18.5 Å². The topological polar surface area (TPSA) is 30.5 Å². The van der Waals surface area contributed by atoms with Crippen LogP contribution in [0.15, 0.2) is 18.2 Å². The van der Waals surface area contributed by atoms with E-state index in [9.17, 15) is 0 Å². The first-order chi connectivity index (χ1) is 7.64. The third kappa shape index (κ3) is 1.72. The highest BCUT2D eigenvalue weighted by atomic mass is 16.7. The Balaban J connectivity index is 1.85. The van der Waals surface area contributed by atoms with E-state index in [-0.39, 0.29) is 12.7 Å². The zero-order valence-corrected chi connectivity index (χ0v) is 9.75. The van der Waals surface area contributed by atoms with Gasteiger partial charge in [-0.15, -0.1) is 0 Å². The lowest BCUT2D eigenvalue weighted by atomic mass is 9.78. The van der Waals surface area contributed by atoms with Crippen molar-refractivity contribution in [1.29, 1.82) is 0 Å². The summed E-state index contributed by atoms with van der Waals surface area (Å²) in [5.41, 5.74) is 3.59. The Morgan fingerprint density at radius 3 is 3.00 bits per heavy atom. The molecule has 0 aliphatic carbocycles. The van der Waals surface area contributed by atoms with Gasteiger partial charge in [-0.1, -0.05) is 12.1 Å². The van der Waals surface area contributed by atoms with Crippen molar-refractivity contribution in [2.24, 2.45) is 0 Å². The maximum atomic E-state index is 5.85. The van der Waals surface area contributed by atoms with Crippen molar-refractivity contribution >= 4 is 18.3 Å². The molecule has 4 heteroatoms. The molecule has 3 nitrogen and oxygen atoms in total. The van der Waals surface area contributed by atoms with E-state index in [1.54, 1.807) is 0 Å². The molecule has 1 aromatic carbocycles. The van der Waals surface area contributed by atoms with E-state index < -0.39 is 0 Å². The molecule has 3 rings (SSSR count). The van der Waals surface area contributed by atoms with Crippen LogP contribution in [0.25, 0.3) is 0 Å². The monoisotopic (exact) mass is 217 g/mol. The summed E-state index contributed by atoms with van der Waals surface area (Å²) in [7, 11) is -0.194. The number of nitrogens with one attached hydrogen (secondary N) is 1. The smallest absolute Gasteiger partial charge is 0.404 e. The van der Waals surface area contributed by atoms with Gasteiger partial charge in [0.15, 0.2) is 0 Å². The van der Waals surface area contributed by atoms with E-state index in [1.165, 1.54) is 11.3 Å². The molecular weight excluding hydrogens is 201 g/mol. The summed E-state index contributed by atoms with van der Waals surface area (Å²) >= 11 is 0. The van der Waals surface area contributed by atoms with Crippen LogP contribution >= 0.6 is 0 Å². The maximum Gasteiger partial charge on any atom is 0.494 e. The van der Waals surface area contributed by atoms with Gasteiger partial charge in [-0.3, -0.25) is 0 Å².